The molecule has 0 spiro atoms. The highest BCUT2D eigenvalue weighted by molar-refractivity contribution is 6.01. The quantitative estimate of drug-likeness (QED) is 0.789. The number of nitrogens with zero attached hydrogens (tertiary/aromatic N) is 1. The minimum Gasteiger partial charge on any atom is -0.365 e. The minimum atomic E-state index is -0.458. The molecule has 0 radical (unpaired) electrons. The third kappa shape index (κ3) is 2.32. The third-order valence-corrected chi connectivity index (χ3v) is 3.78. The molecule has 1 aromatic heterocycles. The van der Waals surface area contributed by atoms with Gasteiger partial charge in [0.1, 0.15) is 5.82 Å². The molecule has 1 atom stereocenters. The van der Waals surface area contributed by atoms with Crippen LogP contribution in [0.1, 0.15) is 23.7 Å². The number of aromatic nitrogens is 1. The summed E-state index contributed by atoms with van der Waals surface area (Å²) < 4.78 is 0. The topological polar surface area (TPSA) is 80.0 Å². The maximum absolute atomic E-state index is 11.7. The first kappa shape index (κ1) is 12.9. The second-order valence-corrected chi connectivity index (χ2v) is 5.55. The van der Waals surface area contributed by atoms with Gasteiger partial charge in [0, 0.05) is 17.5 Å². The zero-order valence-corrected chi connectivity index (χ0v) is 11.4. The van der Waals surface area contributed by atoms with Gasteiger partial charge in [-0.25, -0.2) is 4.98 Å². The molecule has 1 aliphatic heterocycles. The zero-order chi connectivity index (χ0) is 14.2. The number of anilines is 1. The number of hydrogen-bond acceptors (Lipinski definition) is 4. The van der Waals surface area contributed by atoms with Crippen molar-refractivity contribution in [2.75, 3.05) is 18.4 Å². The van der Waals surface area contributed by atoms with Crippen molar-refractivity contribution in [2.45, 2.75) is 18.9 Å². The van der Waals surface area contributed by atoms with Crippen LogP contribution in [0.25, 0.3) is 10.9 Å². The van der Waals surface area contributed by atoms with Crippen molar-refractivity contribution < 1.29 is 4.79 Å². The van der Waals surface area contributed by atoms with Crippen LogP contribution in [0.5, 0.6) is 0 Å². The van der Waals surface area contributed by atoms with Gasteiger partial charge < -0.3 is 16.4 Å². The Hall–Kier alpha value is -2.14. The van der Waals surface area contributed by atoms with Crippen LogP contribution in [0.15, 0.2) is 30.3 Å². The zero-order valence-electron chi connectivity index (χ0n) is 11.4. The summed E-state index contributed by atoms with van der Waals surface area (Å²) in [6, 6.07) is 9.52. The van der Waals surface area contributed by atoms with E-state index < -0.39 is 5.91 Å². The van der Waals surface area contributed by atoms with E-state index in [1.54, 1.807) is 6.07 Å². The molecule has 3 rings (SSSR count). The van der Waals surface area contributed by atoms with Crippen molar-refractivity contribution in [1.29, 1.82) is 0 Å². The Bertz CT molecular complexity index is 662. The number of fused-ring (bicyclic) bond motifs is 1. The van der Waals surface area contributed by atoms with E-state index in [1.165, 1.54) is 0 Å². The molecule has 0 saturated carbocycles. The molecule has 0 aliphatic carbocycles. The van der Waals surface area contributed by atoms with Crippen molar-refractivity contribution in [2.24, 2.45) is 5.73 Å². The lowest BCUT2D eigenvalue weighted by molar-refractivity contribution is 0.100. The molecule has 1 unspecified atom stereocenters. The standard InChI is InChI=1S/C15H18N4O/c1-15(6-7-17-9-15)19-14-11(13(16)20)8-10-4-2-3-5-12(10)18-14/h2-5,8,17H,6-7,9H2,1H3,(H2,16,20)(H,18,19). The van der Waals surface area contributed by atoms with Gasteiger partial charge in [-0.2, -0.15) is 0 Å². The molecule has 104 valence electrons. The van der Waals surface area contributed by atoms with Crippen molar-refractivity contribution >= 4 is 22.6 Å². The van der Waals surface area contributed by atoms with Crippen LogP contribution in [0, 0.1) is 0 Å². The van der Waals surface area contributed by atoms with Gasteiger partial charge >= 0.3 is 0 Å². The van der Waals surface area contributed by atoms with Crippen LogP contribution in [0.3, 0.4) is 0 Å². The van der Waals surface area contributed by atoms with E-state index >= 15 is 0 Å². The molecular weight excluding hydrogens is 252 g/mol. The maximum Gasteiger partial charge on any atom is 0.252 e. The van der Waals surface area contributed by atoms with Crippen LogP contribution < -0.4 is 16.4 Å². The van der Waals surface area contributed by atoms with Crippen molar-refractivity contribution in [3.8, 4) is 0 Å². The number of rotatable bonds is 3. The lowest BCUT2D eigenvalue weighted by Gasteiger charge is -2.26. The first-order chi connectivity index (χ1) is 9.57. The molecule has 1 aromatic carbocycles. The molecule has 2 heterocycles. The van der Waals surface area contributed by atoms with Gasteiger partial charge in [-0.3, -0.25) is 4.79 Å². The normalized spacial score (nSPS) is 22.1. The molecule has 1 fully saturated rings. The van der Waals surface area contributed by atoms with Gasteiger partial charge in [0.15, 0.2) is 0 Å². The Morgan fingerprint density at radius 3 is 2.95 bits per heavy atom. The van der Waals surface area contributed by atoms with Gasteiger partial charge in [0.2, 0.25) is 0 Å². The number of hydrogen-bond donors (Lipinski definition) is 3. The number of carbonyl (C=O) groups is 1. The van der Waals surface area contributed by atoms with Crippen LogP contribution in [-0.2, 0) is 0 Å². The van der Waals surface area contributed by atoms with Crippen molar-refractivity contribution in [3.63, 3.8) is 0 Å². The largest absolute Gasteiger partial charge is 0.365 e. The van der Waals surface area contributed by atoms with E-state index in [9.17, 15) is 4.79 Å². The summed E-state index contributed by atoms with van der Waals surface area (Å²) >= 11 is 0. The fourth-order valence-electron chi connectivity index (χ4n) is 2.61. The predicted molar refractivity (Wildman–Crippen MR) is 79.8 cm³/mol. The Morgan fingerprint density at radius 1 is 1.45 bits per heavy atom. The lowest BCUT2D eigenvalue weighted by atomic mass is 10.0. The first-order valence-electron chi connectivity index (χ1n) is 6.76. The van der Waals surface area contributed by atoms with E-state index in [4.69, 9.17) is 5.73 Å². The number of amides is 1. The highest BCUT2D eigenvalue weighted by Gasteiger charge is 2.30. The Labute approximate surface area is 117 Å². The number of pyridine rings is 1. The Morgan fingerprint density at radius 2 is 2.25 bits per heavy atom. The highest BCUT2D eigenvalue weighted by Crippen LogP contribution is 2.25. The van der Waals surface area contributed by atoms with Gasteiger partial charge in [0.05, 0.1) is 11.1 Å². The van der Waals surface area contributed by atoms with Crippen LogP contribution in [0.2, 0.25) is 0 Å². The van der Waals surface area contributed by atoms with Crippen molar-refractivity contribution in [3.05, 3.63) is 35.9 Å². The molecule has 20 heavy (non-hydrogen) atoms. The summed E-state index contributed by atoms with van der Waals surface area (Å²) in [7, 11) is 0. The van der Waals surface area contributed by atoms with Gasteiger partial charge in [-0.05, 0) is 32.0 Å². The summed E-state index contributed by atoms with van der Waals surface area (Å²) in [5, 5.41) is 7.62. The van der Waals surface area contributed by atoms with Crippen LogP contribution in [-0.4, -0.2) is 29.5 Å². The fraction of sp³-hybridized carbons (Fsp3) is 0.333. The summed E-state index contributed by atoms with van der Waals surface area (Å²) in [4.78, 5) is 16.2. The van der Waals surface area contributed by atoms with E-state index in [-0.39, 0.29) is 5.54 Å². The van der Waals surface area contributed by atoms with E-state index in [0.717, 1.165) is 30.4 Å². The summed E-state index contributed by atoms with van der Waals surface area (Å²) in [6.45, 7) is 3.93. The first-order valence-corrected chi connectivity index (χ1v) is 6.76. The average molecular weight is 270 g/mol. The smallest absolute Gasteiger partial charge is 0.252 e. The van der Waals surface area contributed by atoms with Crippen LogP contribution in [0.4, 0.5) is 5.82 Å². The summed E-state index contributed by atoms with van der Waals surface area (Å²) in [6.07, 6.45) is 0.986. The van der Waals surface area contributed by atoms with Gasteiger partial charge in [0.25, 0.3) is 5.91 Å². The Balaban J connectivity index is 2.07. The number of nitrogens with one attached hydrogen (secondary N) is 2. The second-order valence-electron chi connectivity index (χ2n) is 5.55. The highest BCUT2D eigenvalue weighted by atomic mass is 16.1. The van der Waals surface area contributed by atoms with Crippen molar-refractivity contribution in [1.82, 2.24) is 10.3 Å². The van der Waals surface area contributed by atoms with Gasteiger partial charge in [-0.15, -0.1) is 0 Å². The number of carbonyl (C=O) groups excluding carboxylic acids is 1. The molecule has 1 saturated heterocycles. The molecule has 1 aliphatic rings. The van der Waals surface area contributed by atoms with Gasteiger partial charge in [-0.1, -0.05) is 18.2 Å². The minimum absolute atomic E-state index is 0.0976. The summed E-state index contributed by atoms with van der Waals surface area (Å²) in [5.41, 5.74) is 6.69. The molecule has 4 N–H and O–H groups in total. The second kappa shape index (κ2) is 4.76. The number of primary amides is 1. The van der Waals surface area contributed by atoms with E-state index in [1.807, 2.05) is 24.3 Å². The SMILES string of the molecule is CC1(Nc2nc3ccccc3cc2C(N)=O)CCNC1. The van der Waals surface area contributed by atoms with E-state index in [0.29, 0.717) is 11.4 Å². The Kier molecular flexibility index (Phi) is 3.06. The maximum atomic E-state index is 11.7. The molecular formula is C15H18N4O. The monoisotopic (exact) mass is 270 g/mol. The molecule has 5 heteroatoms. The third-order valence-electron chi connectivity index (χ3n) is 3.78. The fourth-order valence-corrected chi connectivity index (χ4v) is 2.61. The van der Waals surface area contributed by atoms with E-state index in [2.05, 4.69) is 22.5 Å². The molecule has 2 aromatic rings. The average Bonchev–Trinajstić information content (AvgIpc) is 2.84. The molecule has 1 amide bonds. The molecule has 0 bridgehead atoms. The number of benzene rings is 1. The number of para-hydroxylation sites is 1. The predicted octanol–water partition coefficient (Wildman–Crippen LogP) is 1.50. The number of nitrogens with two attached hydrogens (primary N) is 1. The molecule has 5 nitrogen and oxygen atoms in total. The van der Waals surface area contributed by atoms with Crippen LogP contribution >= 0.6 is 0 Å². The summed E-state index contributed by atoms with van der Waals surface area (Å²) in [5.74, 6) is 0.114. The lowest BCUT2D eigenvalue weighted by Crippen LogP contribution is -2.38.